The summed E-state index contributed by atoms with van der Waals surface area (Å²) in [6.45, 7) is 4.53. The van der Waals surface area contributed by atoms with Crippen LogP contribution in [0, 0.1) is 0 Å². The predicted molar refractivity (Wildman–Crippen MR) is 83.4 cm³/mol. The highest BCUT2D eigenvalue weighted by molar-refractivity contribution is 5.97. The van der Waals surface area contributed by atoms with Crippen molar-refractivity contribution >= 4 is 11.6 Å². The highest BCUT2D eigenvalue weighted by Crippen LogP contribution is 2.27. The van der Waals surface area contributed by atoms with Crippen LogP contribution in [0.4, 0.5) is 5.69 Å². The zero-order valence-electron chi connectivity index (χ0n) is 12.5. The summed E-state index contributed by atoms with van der Waals surface area (Å²) in [4.78, 5) is 6.62. The van der Waals surface area contributed by atoms with Crippen LogP contribution in [0.1, 0.15) is 18.3 Å². The highest BCUT2D eigenvalue weighted by Gasteiger charge is 2.22. The molecule has 0 saturated heterocycles. The first-order valence-electron chi connectivity index (χ1n) is 7.26. The highest BCUT2D eigenvalue weighted by atomic mass is 15.3. The zero-order valence-corrected chi connectivity index (χ0v) is 12.5. The summed E-state index contributed by atoms with van der Waals surface area (Å²) in [7, 11) is 1.81. The number of aryl methyl sites for hydroxylation is 1. The number of aromatic nitrogens is 3. The molecule has 1 aliphatic heterocycles. The normalized spacial score (nSPS) is 14.4. The van der Waals surface area contributed by atoms with Crippen LogP contribution in [0.15, 0.2) is 35.6 Å². The molecule has 0 amide bonds. The zero-order chi connectivity index (χ0) is 14.7. The molecule has 21 heavy (non-hydrogen) atoms. The monoisotopic (exact) mass is 284 g/mol. The van der Waals surface area contributed by atoms with Crippen molar-refractivity contribution in [2.75, 3.05) is 18.5 Å². The molecule has 0 spiro atoms. The number of guanidine groups is 1. The predicted octanol–water partition coefficient (Wildman–Crippen LogP) is 1.44. The number of hydrogen-bond donors (Lipinski definition) is 1. The Kier molecular flexibility index (Phi) is 3.85. The van der Waals surface area contributed by atoms with E-state index in [2.05, 4.69) is 56.6 Å². The van der Waals surface area contributed by atoms with E-state index in [1.807, 2.05) is 11.6 Å². The fourth-order valence-electron chi connectivity index (χ4n) is 2.69. The summed E-state index contributed by atoms with van der Waals surface area (Å²) in [6.07, 6.45) is 2.81. The van der Waals surface area contributed by atoms with Crippen LogP contribution < -0.4 is 10.2 Å². The Balaban J connectivity index is 1.73. The molecule has 0 saturated carbocycles. The van der Waals surface area contributed by atoms with Gasteiger partial charge < -0.3 is 14.8 Å². The number of nitrogens with one attached hydrogen (secondary N) is 1. The van der Waals surface area contributed by atoms with Crippen molar-refractivity contribution < 1.29 is 0 Å². The van der Waals surface area contributed by atoms with E-state index in [1.165, 1.54) is 11.3 Å². The van der Waals surface area contributed by atoms with Crippen molar-refractivity contribution in [2.45, 2.75) is 26.4 Å². The molecule has 0 unspecified atom stereocenters. The van der Waals surface area contributed by atoms with Gasteiger partial charge in [0, 0.05) is 25.8 Å². The second-order valence-electron chi connectivity index (χ2n) is 4.96. The minimum absolute atomic E-state index is 0.624. The van der Waals surface area contributed by atoms with Gasteiger partial charge in [-0.2, -0.15) is 0 Å². The first-order chi connectivity index (χ1) is 10.3. The lowest BCUT2D eigenvalue weighted by Crippen LogP contribution is -2.40. The average molecular weight is 284 g/mol. The summed E-state index contributed by atoms with van der Waals surface area (Å²) < 4.78 is 2.03. The smallest absolute Gasteiger partial charge is 0.198 e. The molecule has 3 rings (SSSR count). The van der Waals surface area contributed by atoms with Gasteiger partial charge in [0.05, 0.1) is 6.54 Å². The number of para-hydroxylation sites is 1. The third-order valence-electron chi connectivity index (χ3n) is 3.80. The van der Waals surface area contributed by atoms with Gasteiger partial charge in [-0.1, -0.05) is 18.2 Å². The van der Waals surface area contributed by atoms with Gasteiger partial charge in [0.25, 0.3) is 0 Å². The maximum Gasteiger partial charge on any atom is 0.198 e. The summed E-state index contributed by atoms with van der Waals surface area (Å²) in [6, 6.07) is 8.47. The molecular weight excluding hydrogens is 264 g/mol. The fraction of sp³-hybridized carbons (Fsp3) is 0.400. The van der Waals surface area contributed by atoms with E-state index in [4.69, 9.17) is 0 Å². The lowest BCUT2D eigenvalue weighted by atomic mass is 10.2. The number of nitrogens with zero attached hydrogens (tertiary/aromatic N) is 5. The SMILES string of the molecule is CCn1cnnc1CNC(=NC)N1CCc2ccccc21. The molecular formula is C15H20N6. The van der Waals surface area contributed by atoms with Crippen LogP contribution in [0.3, 0.4) is 0 Å². The Morgan fingerprint density at radius 2 is 2.24 bits per heavy atom. The molecule has 0 radical (unpaired) electrons. The second-order valence-corrected chi connectivity index (χ2v) is 4.96. The topological polar surface area (TPSA) is 58.3 Å². The number of fused-ring (bicyclic) bond motifs is 1. The van der Waals surface area contributed by atoms with Gasteiger partial charge in [-0.15, -0.1) is 10.2 Å². The van der Waals surface area contributed by atoms with Crippen LogP contribution in [-0.2, 0) is 19.5 Å². The maximum atomic E-state index is 4.40. The minimum atomic E-state index is 0.624. The molecule has 110 valence electrons. The maximum absolute atomic E-state index is 4.40. The molecule has 2 heterocycles. The Morgan fingerprint density at radius 1 is 1.38 bits per heavy atom. The van der Waals surface area contributed by atoms with Crippen molar-refractivity contribution in [2.24, 2.45) is 4.99 Å². The molecule has 1 aromatic heterocycles. The van der Waals surface area contributed by atoms with Crippen molar-refractivity contribution in [1.82, 2.24) is 20.1 Å². The second kappa shape index (κ2) is 5.95. The van der Waals surface area contributed by atoms with Gasteiger partial charge in [-0.25, -0.2) is 0 Å². The molecule has 6 heteroatoms. The number of benzene rings is 1. The van der Waals surface area contributed by atoms with Crippen LogP contribution in [0.25, 0.3) is 0 Å². The Bertz CT molecular complexity index is 645. The van der Waals surface area contributed by atoms with E-state index in [0.717, 1.165) is 31.3 Å². The summed E-state index contributed by atoms with van der Waals surface area (Å²) in [5, 5.41) is 11.5. The molecule has 0 atom stereocenters. The fourth-order valence-corrected chi connectivity index (χ4v) is 2.69. The molecule has 1 aromatic carbocycles. The van der Waals surface area contributed by atoms with Crippen LogP contribution >= 0.6 is 0 Å². The van der Waals surface area contributed by atoms with Crippen LogP contribution in [-0.4, -0.2) is 34.3 Å². The first kappa shape index (κ1) is 13.6. The van der Waals surface area contributed by atoms with E-state index in [1.54, 1.807) is 6.33 Å². The van der Waals surface area contributed by atoms with E-state index < -0.39 is 0 Å². The van der Waals surface area contributed by atoms with E-state index in [9.17, 15) is 0 Å². The lowest BCUT2D eigenvalue weighted by molar-refractivity contribution is 0.675. The third kappa shape index (κ3) is 2.61. The van der Waals surface area contributed by atoms with Gasteiger partial charge in [0.1, 0.15) is 6.33 Å². The Morgan fingerprint density at radius 3 is 3.05 bits per heavy atom. The van der Waals surface area contributed by atoms with Gasteiger partial charge in [0.2, 0.25) is 0 Å². The van der Waals surface area contributed by atoms with Crippen molar-refractivity contribution in [3.8, 4) is 0 Å². The Labute approximate surface area is 124 Å². The van der Waals surface area contributed by atoms with Gasteiger partial charge in [-0.05, 0) is 25.0 Å². The number of aliphatic imine (C=N–C) groups is 1. The summed E-state index contributed by atoms with van der Waals surface area (Å²) in [5.41, 5.74) is 2.61. The van der Waals surface area contributed by atoms with E-state index >= 15 is 0 Å². The molecule has 1 N–H and O–H groups in total. The van der Waals surface area contributed by atoms with E-state index in [0.29, 0.717) is 6.54 Å². The van der Waals surface area contributed by atoms with Crippen molar-refractivity contribution in [3.05, 3.63) is 42.0 Å². The van der Waals surface area contributed by atoms with Gasteiger partial charge in [0.15, 0.2) is 11.8 Å². The number of anilines is 1. The summed E-state index contributed by atoms with van der Waals surface area (Å²) >= 11 is 0. The number of hydrogen-bond acceptors (Lipinski definition) is 3. The van der Waals surface area contributed by atoms with Crippen molar-refractivity contribution in [3.63, 3.8) is 0 Å². The molecule has 0 aliphatic carbocycles. The lowest BCUT2D eigenvalue weighted by Gasteiger charge is -2.22. The molecule has 0 bridgehead atoms. The first-order valence-corrected chi connectivity index (χ1v) is 7.26. The largest absolute Gasteiger partial charge is 0.349 e. The van der Waals surface area contributed by atoms with Crippen LogP contribution in [0.5, 0.6) is 0 Å². The van der Waals surface area contributed by atoms with Crippen LogP contribution in [0.2, 0.25) is 0 Å². The standard InChI is InChI=1S/C15H20N6/c1-3-20-11-18-19-14(20)10-17-15(16-2)21-9-8-12-6-4-5-7-13(12)21/h4-7,11H,3,8-10H2,1-2H3,(H,16,17). The quantitative estimate of drug-likeness (QED) is 0.684. The molecule has 2 aromatic rings. The average Bonchev–Trinajstić information content (AvgIpc) is 3.15. The van der Waals surface area contributed by atoms with Crippen molar-refractivity contribution in [1.29, 1.82) is 0 Å². The Hall–Kier alpha value is -2.37. The molecule has 6 nitrogen and oxygen atoms in total. The van der Waals surface area contributed by atoms with Gasteiger partial charge in [-0.3, -0.25) is 4.99 Å². The van der Waals surface area contributed by atoms with Gasteiger partial charge >= 0.3 is 0 Å². The summed E-state index contributed by atoms with van der Waals surface area (Å²) in [5.74, 6) is 1.80. The minimum Gasteiger partial charge on any atom is -0.349 e. The number of rotatable bonds is 3. The molecule has 1 aliphatic rings. The van der Waals surface area contributed by atoms with E-state index in [-0.39, 0.29) is 0 Å². The third-order valence-corrected chi connectivity index (χ3v) is 3.80. The molecule has 0 fully saturated rings.